The number of carbonyl (C=O) groups excluding carboxylic acids is 2. The molecule has 1 unspecified atom stereocenters. The van der Waals surface area contributed by atoms with Crippen molar-refractivity contribution in [1.82, 2.24) is 0 Å². The predicted octanol–water partition coefficient (Wildman–Crippen LogP) is 2.79. The van der Waals surface area contributed by atoms with E-state index in [1.165, 1.54) is 37.3 Å². The number of hydrogen-bond donors (Lipinski definition) is 3. The number of halogens is 1. The first-order valence-electron chi connectivity index (χ1n) is 7.09. The number of nitrogens with zero attached hydrogens (tertiary/aromatic N) is 1. The molecule has 8 nitrogen and oxygen atoms in total. The molecule has 2 aromatic carbocycles. The molecule has 0 radical (unpaired) electrons. The highest BCUT2D eigenvalue weighted by Crippen LogP contribution is 2.31. The summed E-state index contributed by atoms with van der Waals surface area (Å²) in [6.07, 6.45) is 0. The number of phenols is 1. The van der Waals surface area contributed by atoms with Gasteiger partial charge < -0.3 is 16.2 Å². The van der Waals surface area contributed by atoms with Crippen LogP contribution in [-0.4, -0.2) is 21.8 Å². The van der Waals surface area contributed by atoms with Gasteiger partial charge in [-0.3, -0.25) is 19.7 Å². The van der Waals surface area contributed by atoms with E-state index in [1.54, 1.807) is 0 Å². The summed E-state index contributed by atoms with van der Waals surface area (Å²) < 4.78 is 0. The lowest BCUT2D eigenvalue weighted by molar-refractivity contribution is -0.384. The number of benzene rings is 2. The fraction of sp³-hybridized carbons (Fsp3) is 0.125. The number of amides is 2. The molecule has 0 heterocycles. The average molecular weight is 364 g/mol. The molecule has 0 aliphatic carbocycles. The summed E-state index contributed by atoms with van der Waals surface area (Å²) in [6.45, 7) is 1.52. The molecule has 0 aromatic heterocycles. The lowest BCUT2D eigenvalue weighted by atomic mass is 9.96. The van der Waals surface area contributed by atoms with Crippen molar-refractivity contribution < 1.29 is 19.6 Å². The number of nitrogens with one attached hydrogen (secondary N) is 1. The summed E-state index contributed by atoms with van der Waals surface area (Å²) in [5, 5.41) is 23.3. The molecule has 0 bridgehead atoms. The van der Waals surface area contributed by atoms with Gasteiger partial charge in [-0.05, 0) is 19.1 Å². The Hall–Kier alpha value is -3.13. The second kappa shape index (κ2) is 7.18. The SMILES string of the molecule is CC(C(=O)Nc1ccc([N+](=O)[O-])cc1Cl)c1cccc(C(N)=O)c1O. The third-order valence-electron chi connectivity index (χ3n) is 3.61. The van der Waals surface area contributed by atoms with Gasteiger partial charge in [-0.15, -0.1) is 0 Å². The summed E-state index contributed by atoms with van der Waals surface area (Å²) >= 11 is 5.94. The molecule has 0 saturated heterocycles. The molecular weight excluding hydrogens is 350 g/mol. The molecule has 9 heteroatoms. The Morgan fingerprint density at radius 3 is 2.56 bits per heavy atom. The molecule has 0 saturated carbocycles. The lowest BCUT2D eigenvalue weighted by Gasteiger charge is -2.15. The number of non-ortho nitro benzene ring substituents is 1. The highest BCUT2D eigenvalue weighted by Gasteiger charge is 2.22. The first kappa shape index (κ1) is 18.2. The molecule has 0 fully saturated rings. The van der Waals surface area contributed by atoms with Crippen LogP contribution in [0.3, 0.4) is 0 Å². The van der Waals surface area contributed by atoms with Crippen molar-refractivity contribution in [2.45, 2.75) is 12.8 Å². The van der Waals surface area contributed by atoms with Crippen LogP contribution in [0.25, 0.3) is 0 Å². The zero-order valence-electron chi connectivity index (χ0n) is 13.0. The average Bonchev–Trinajstić information content (AvgIpc) is 2.55. The molecule has 0 spiro atoms. The Morgan fingerprint density at radius 1 is 1.32 bits per heavy atom. The van der Waals surface area contributed by atoms with Gasteiger partial charge in [-0.2, -0.15) is 0 Å². The highest BCUT2D eigenvalue weighted by atomic mass is 35.5. The minimum absolute atomic E-state index is 0.00450. The summed E-state index contributed by atoms with van der Waals surface area (Å²) in [4.78, 5) is 33.8. The minimum Gasteiger partial charge on any atom is -0.507 e. The Bertz CT molecular complexity index is 869. The number of anilines is 1. The second-order valence-electron chi connectivity index (χ2n) is 5.24. The van der Waals surface area contributed by atoms with Gasteiger partial charge in [0, 0.05) is 17.7 Å². The van der Waals surface area contributed by atoms with Crippen molar-refractivity contribution in [2.24, 2.45) is 5.73 Å². The van der Waals surface area contributed by atoms with Crippen molar-refractivity contribution in [1.29, 1.82) is 0 Å². The number of para-hydroxylation sites is 1. The van der Waals surface area contributed by atoms with Gasteiger partial charge in [0.2, 0.25) is 5.91 Å². The van der Waals surface area contributed by atoms with E-state index in [1.807, 2.05) is 0 Å². The van der Waals surface area contributed by atoms with Gasteiger partial charge in [-0.1, -0.05) is 23.7 Å². The van der Waals surface area contributed by atoms with Gasteiger partial charge in [0.25, 0.3) is 11.6 Å². The van der Waals surface area contributed by atoms with Crippen LogP contribution in [0.5, 0.6) is 5.75 Å². The Kier molecular flexibility index (Phi) is 5.23. The van der Waals surface area contributed by atoms with Gasteiger partial charge in [0.1, 0.15) is 5.75 Å². The van der Waals surface area contributed by atoms with Crippen molar-refractivity contribution in [3.8, 4) is 5.75 Å². The molecule has 2 aromatic rings. The highest BCUT2D eigenvalue weighted by molar-refractivity contribution is 6.34. The number of hydrogen-bond acceptors (Lipinski definition) is 5. The van der Waals surface area contributed by atoms with Crippen molar-refractivity contribution in [3.63, 3.8) is 0 Å². The second-order valence-corrected chi connectivity index (χ2v) is 5.65. The molecule has 4 N–H and O–H groups in total. The molecule has 1 atom stereocenters. The molecule has 2 rings (SSSR count). The van der Waals surface area contributed by atoms with Crippen LogP contribution < -0.4 is 11.1 Å². The number of carbonyl (C=O) groups is 2. The van der Waals surface area contributed by atoms with Crippen molar-refractivity contribution in [3.05, 3.63) is 62.7 Å². The summed E-state index contributed by atoms with van der Waals surface area (Å²) in [5.41, 5.74) is 5.28. The standard InChI is InChI=1S/C16H14ClN3O5/c1-8(10-3-2-4-11(14(10)21)15(18)22)16(23)19-13-6-5-9(20(24)25)7-12(13)17/h2-8,21H,1H3,(H2,18,22)(H,19,23). The maximum Gasteiger partial charge on any atom is 0.271 e. The van der Waals surface area contributed by atoms with Crippen LogP contribution >= 0.6 is 11.6 Å². The number of nitro groups is 1. The molecule has 25 heavy (non-hydrogen) atoms. The Morgan fingerprint density at radius 2 is 2.00 bits per heavy atom. The fourth-order valence-corrected chi connectivity index (χ4v) is 2.43. The molecule has 130 valence electrons. The van der Waals surface area contributed by atoms with Crippen molar-refractivity contribution in [2.75, 3.05) is 5.32 Å². The van der Waals surface area contributed by atoms with Gasteiger partial charge in [-0.25, -0.2) is 0 Å². The first-order valence-corrected chi connectivity index (χ1v) is 7.46. The van der Waals surface area contributed by atoms with E-state index in [-0.39, 0.29) is 33.3 Å². The zero-order valence-corrected chi connectivity index (χ0v) is 13.8. The monoisotopic (exact) mass is 363 g/mol. The van der Waals surface area contributed by atoms with Crippen LogP contribution in [0.15, 0.2) is 36.4 Å². The number of rotatable bonds is 5. The normalized spacial score (nSPS) is 11.6. The predicted molar refractivity (Wildman–Crippen MR) is 91.8 cm³/mol. The number of nitrogens with two attached hydrogens (primary N) is 1. The minimum atomic E-state index is -0.828. The Balaban J connectivity index is 2.26. The first-order chi connectivity index (χ1) is 11.7. The number of primary amides is 1. The van der Waals surface area contributed by atoms with Crippen LogP contribution in [-0.2, 0) is 4.79 Å². The zero-order chi connectivity index (χ0) is 18.7. The lowest BCUT2D eigenvalue weighted by Crippen LogP contribution is -2.20. The van der Waals surface area contributed by atoms with Gasteiger partial charge in [0.15, 0.2) is 0 Å². The third-order valence-corrected chi connectivity index (χ3v) is 3.93. The molecule has 0 aliphatic heterocycles. The summed E-state index contributed by atoms with van der Waals surface area (Å²) in [7, 11) is 0. The maximum absolute atomic E-state index is 12.4. The van der Waals surface area contributed by atoms with Crippen molar-refractivity contribution >= 4 is 34.8 Å². The van der Waals surface area contributed by atoms with E-state index in [9.17, 15) is 24.8 Å². The smallest absolute Gasteiger partial charge is 0.271 e. The summed E-state index contributed by atoms with van der Waals surface area (Å²) in [5.74, 6) is -2.53. The summed E-state index contributed by atoms with van der Waals surface area (Å²) in [6, 6.07) is 7.97. The van der Waals surface area contributed by atoms with E-state index in [0.29, 0.717) is 0 Å². The largest absolute Gasteiger partial charge is 0.507 e. The van der Waals surface area contributed by atoms with E-state index in [4.69, 9.17) is 17.3 Å². The molecule has 0 aliphatic rings. The van der Waals surface area contributed by atoms with E-state index in [2.05, 4.69) is 5.32 Å². The van der Waals surface area contributed by atoms with E-state index >= 15 is 0 Å². The fourth-order valence-electron chi connectivity index (χ4n) is 2.21. The van der Waals surface area contributed by atoms with Gasteiger partial charge in [0.05, 0.1) is 27.1 Å². The maximum atomic E-state index is 12.4. The van der Waals surface area contributed by atoms with Crippen LogP contribution in [0.1, 0.15) is 28.8 Å². The Labute approximate surface area is 147 Å². The van der Waals surface area contributed by atoms with Crippen LogP contribution in [0.4, 0.5) is 11.4 Å². The molecule has 2 amide bonds. The van der Waals surface area contributed by atoms with E-state index in [0.717, 1.165) is 6.07 Å². The van der Waals surface area contributed by atoms with Crippen LogP contribution in [0.2, 0.25) is 5.02 Å². The van der Waals surface area contributed by atoms with Gasteiger partial charge >= 0.3 is 0 Å². The quantitative estimate of drug-likeness (QED) is 0.554. The number of aromatic hydroxyl groups is 1. The number of nitro benzene ring substituents is 1. The third kappa shape index (κ3) is 3.86. The topological polar surface area (TPSA) is 136 Å². The molecular formula is C16H14ClN3O5. The van der Waals surface area contributed by atoms with E-state index < -0.39 is 22.7 Å². The van der Waals surface area contributed by atoms with Crippen LogP contribution in [0, 0.1) is 10.1 Å².